The van der Waals surface area contributed by atoms with Gasteiger partial charge in [0.05, 0.1) is 0 Å². The van der Waals surface area contributed by atoms with Crippen LogP contribution >= 0.6 is 0 Å². The van der Waals surface area contributed by atoms with Crippen LogP contribution in [0.15, 0.2) is 48.5 Å². The maximum atomic E-state index is 2.24. The predicted octanol–water partition coefficient (Wildman–Crippen LogP) is -8.68. The van der Waals surface area contributed by atoms with Crippen molar-refractivity contribution >= 4 is 0 Å². The molecular weight excluding hydrogens is 346 g/mol. The maximum absolute atomic E-state index is 2.24. The van der Waals surface area contributed by atoms with Crippen LogP contribution < -0.4 is 49.6 Å². The molecule has 0 radical (unpaired) electrons. The molecule has 0 aliphatic rings. The third kappa shape index (κ3) is 8.53. The molecule has 0 unspecified atom stereocenters. The first-order valence-electron chi connectivity index (χ1n) is 4.61. The van der Waals surface area contributed by atoms with Crippen LogP contribution in [0.4, 0.5) is 0 Å². The van der Waals surface area contributed by atoms with E-state index in [4.69, 9.17) is 0 Å². The van der Waals surface area contributed by atoms with E-state index in [2.05, 4.69) is 55.5 Å². The Morgan fingerprint density at radius 3 is 1.94 bits per heavy atom. The van der Waals surface area contributed by atoms with Gasteiger partial charge in [-0.15, -0.1) is 0 Å². The Balaban J connectivity index is -0.000000196. The smallest absolute Gasteiger partial charge is 1.00 e. The summed E-state index contributed by atoms with van der Waals surface area (Å²) in [6.45, 7) is 2.13. The van der Waals surface area contributed by atoms with Gasteiger partial charge in [0.15, 0.2) is 0 Å². The molecule has 0 bridgehead atoms. The largest absolute Gasteiger partial charge is 4.00 e. The van der Waals surface area contributed by atoms with Crippen molar-refractivity contribution in [2.75, 3.05) is 0 Å². The molecule has 2 rings (SSSR count). The first-order valence-corrected chi connectivity index (χ1v) is 4.61. The van der Waals surface area contributed by atoms with Crippen molar-refractivity contribution in [1.82, 2.24) is 0 Å². The van der Waals surface area contributed by atoms with Gasteiger partial charge in [0.1, 0.15) is 0 Å². The molecule has 2 aromatic rings. The van der Waals surface area contributed by atoms with Crippen molar-refractivity contribution in [3.63, 3.8) is 0 Å². The zero-order chi connectivity index (χ0) is 9.10. The molecule has 0 saturated carbocycles. The Hall–Kier alpha value is 0.444. The number of aryl methyl sites for hydroxylation is 1. The van der Waals surface area contributed by atoms with Gasteiger partial charge >= 0.3 is 21.7 Å². The van der Waals surface area contributed by atoms with Crippen molar-refractivity contribution in [2.24, 2.45) is 0 Å². The van der Waals surface area contributed by atoms with Crippen molar-refractivity contribution in [2.45, 2.75) is 13.3 Å². The van der Waals surface area contributed by atoms with Gasteiger partial charge in [-0.05, 0) is 13.3 Å². The van der Waals surface area contributed by atoms with E-state index in [9.17, 15) is 0 Å². The van der Waals surface area contributed by atoms with Gasteiger partial charge in [0.2, 0.25) is 0 Å². The minimum absolute atomic E-state index is 0. The average Bonchev–Trinajstić information content (AvgIpc) is 2.57. The van der Waals surface area contributed by atoms with Gasteiger partial charge in [-0.3, -0.25) is 0 Å². The number of benzene rings is 1. The van der Waals surface area contributed by atoms with E-state index in [-0.39, 0.29) is 71.3 Å². The third-order valence-corrected chi connectivity index (χ3v) is 2.22. The Kier molecular flexibility index (Phi) is 20.7. The standard InChI is InChI=1S/C13H13.4ClH.Ti/c1-11-5-4-8-13(9-11)10-12-6-2-3-7-12;;;;;/h2-9H,10H2,1H3;4*1H;/q-1;;;;;+4/p-4. The quantitative estimate of drug-likeness (QED) is 0.369. The van der Waals surface area contributed by atoms with E-state index in [1.54, 1.807) is 0 Å². The summed E-state index contributed by atoms with van der Waals surface area (Å²) in [5.41, 5.74) is 4.13. The summed E-state index contributed by atoms with van der Waals surface area (Å²) in [6.07, 6.45) is 1.05. The predicted molar refractivity (Wildman–Crippen MR) is 56.0 cm³/mol. The zero-order valence-electron chi connectivity index (χ0n) is 9.84. The molecule has 18 heavy (non-hydrogen) atoms. The molecule has 0 heterocycles. The summed E-state index contributed by atoms with van der Waals surface area (Å²) >= 11 is 0. The van der Waals surface area contributed by atoms with Gasteiger partial charge in [-0.2, -0.15) is 17.7 Å². The minimum atomic E-state index is 0. The Labute approximate surface area is 149 Å². The summed E-state index contributed by atoms with van der Waals surface area (Å²) in [6, 6.07) is 17.2. The van der Waals surface area contributed by atoms with Crippen molar-refractivity contribution in [3.05, 3.63) is 65.2 Å². The monoisotopic (exact) mass is 357 g/mol. The Morgan fingerprint density at radius 2 is 1.44 bits per heavy atom. The van der Waals surface area contributed by atoms with Crippen LogP contribution in [0.3, 0.4) is 0 Å². The van der Waals surface area contributed by atoms with Crippen LogP contribution in [0, 0.1) is 6.92 Å². The van der Waals surface area contributed by atoms with Crippen molar-refractivity contribution in [3.8, 4) is 0 Å². The second-order valence-corrected chi connectivity index (χ2v) is 3.46. The van der Waals surface area contributed by atoms with Gasteiger partial charge in [-0.1, -0.05) is 35.4 Å². The average molecular weight is 359 g/mol. The normalized spacial score (nSPS) is 7.39. The van der Waals surface area contributed by atoms with E-state index in [0.717, 1.165) is 6.42 Å². The second kappa shape index (κ2) is 13.9. The van der Waals surface area contributed by atoms with Crippen LogP contribution in [0.2, 0.25) is 0 Å². The van der Waals surface area contributed by atoms with E-state index in [1.807, 2.05) is 0 Å². The molecule has 98 valence electrons. The fraction of sp³-hybridized carbons (Fsp3) is 0.154. The Bertz CT molecular complexity index is 388. The molecule has 0 aromatic heterocycles. The van der Waals surface area contributed by atoms with Gasteiger partial charge in [0.25, 0.3) is 0 Å². The molecular formula is C13H13Cl4Ti-. The molecule has 0 aliphatic heterocycles. The zero-order valence-corrected chi connectivity index (χ0v) is 14.4. The number of hydrogen-bond acceptors (Lipinski definition) is 0. The van der Waals surface area contributed by atoms with Gasteiger partial charge in [-0.25, -0.2) is 12.1 Å². The first kappa shape index (κ1) is 26.9. The maximum Gasteiger partial charge on any atom is 4.00 e. The second-order valence-electron chi connectivity index (χ2n) is 3.46. The molecule has 0 spiro atoms. The summed E-state index contributed by atoms with van der Waals surface area (Å²) < 4.78 is 0. The van der Waals surface area contributed by atoms with Crippen LogP contribution in [-0.2, 0) is 28.1 Å². The van der Waals surface area contributed by atoms with E-state index in [0.29, 0.717) is 0 Å². The third-order valence-electron chi connectivity index (χ3n) is 2.22. The van der Waals surface area contributed by atoms with Gasteiger partial charge in [0, 0.05) is 0 Å². The number of halogens is 4. The molecule has 0 nitrogen and oxygen atoms in total. The molecule has 0 aliphatic carbocycles. The molecule has 0 atom stereocenters. The van der Waals surface area contributed by atoms with Crippen LogP contribution in [0.25, 0.3) is 0 Å². The van der Waals surface area contributed by atoms with Crippen LogP contribution in [0.5, 0.6) is 0 Å². The van der Waals surface area contributed by atoms with E-state index in [1.165, 1.54) is 16.7 Å². The first-order chi connectivity index (χ1) is 6.34. The SMILES string of the molecule is Cc1cccc(C[c-]2cccc2)c1.[Cl-].[Cl-].[Cl-].[Cl-].[Ti+4]. The molecule has 0 amide bonds. The fourth-order valence-corrected chi connectivity index (χ4v) is 1.59. The fourth-order valence-electron chi connectivity index (χ4n) is 1.59. The molecule has 5 heteroatoms. The van der Waals surface area contributed by atoms with E-state index >= 15 is 0 Å². The van der Waals surface area contributed by atoms with Gasteiger partial charge < -0.3 is 49.6 Å². The minimum Gasteiger partial charge on any atom is -1.00 e. The summed E-state index contributed by atoms with van der Waals surface area (Å²) in [7, 11) is 0. The van der Waals surface area contributed by atoms with Crippen LogP contribution in [-0.4, -0.2) is 0 Å². The van der Waals surface area contributed by atoms with Crippen molar-refractivity contribution < 1.29 is 71.3 Å². The van der Waals surface area contributed by atoms with Crippen molar-refractivity contribution in [1.29, 1.82) is 0 Å². The van der Waals surface area contributed by atoms with Crippen LogP contribution in [0.1, 0.15) is 16.7 Å². The molecule has 2 aromatic carbocycles. The number of hydrogen-bond donors (Lipinski definition) is 0. The molecule has 0 N–H and O–H groups in total. The van der Waals surface area contributed by atoms with E-state index < -0.39 is 0 Å². The summed E-state index contributed by atoms with van der Waals surface area (Å²) in [4.78, 5) is 0. The summed E-state index contributed by atoms with van der Waals surface area (Å²) in [5, 5.41) is 0. The number of rotatable bonds is 2. The summed E-state index contributed by atoms with van der Waals surface area (Å²) in [5.74, 6) is 0. The molecule has 0 fully saturated rings. The Morgan fingerprint density at radius 1 is 0.889 bits per heavy atom. The topological polar surface area (TPSA) is 0 Å². The molecule has 0 saturated heterocycles.